The Labute approximate surface area is 171 Å². The molecule has 4 rings (SSSR count). The highest BCUT2D eigenvalue weighted by Gasteiger charge is 2.11. The van der Waals surface area contributed by atoms with Gasteiger partial charge in [-0.1, -0.05) is 12.1 Å². The number of benzene rings is 3. The van der Waals surface area contributed by atoms with Crippen molar-refractivity contribution in [1.29, 1.82) is 0 Å². The molecule has 0 atom stereocenters. The van der Waals surface area contributed by atoms with Gasteiger partial charge >= 0.3 is 5.63 Å². The quantitative estimate of drug-likeness (QED) is 0.339. The first kappa shape index (κ1) is 19.4. The zero-order valence-corrected chi connectivity index (χ0v) is 16.1. The van der Waals surface area contributed by atoms with Crippen molar-refractivity contribution >= 4 is 16.8 Å². The van der Waals surface area contributed by atoms with Gasteiger partial charge < -0.3 is 13.9 Å². The van der Waals surface area contributed by atoms with Crippen molar-refractivity contribution in [3.05, 3.63) is 94.6 Å². The summed E-state index contributed by atoms with van der Waals surface area (Å²) in [4.78, 5) is 24.6. The van der Waals surface area contributed by atoms with Crippen LogP contribution < -0.4 is 15.1 Å². The molecule has 6 heteroatoms. The molecule has 0 fully saturated rings. The minimum Gasteiger partial charge on any atom is -0.497 e. The molecule has 0 unspecified atom stereocenters. The lowest BCUT2D eigenvalue weighted by Crippen LogP contribution is -2.11. The molecular weight excluding hydrogens is 387 g/mol. The van der Waals surface area contributed by atoms with Crippen LogP contribution >= 0.6 is 0 Å². The standard InChI is InChI=1S/C24H17FO5/c1-28-19-9-4-15(5-10-19)21-12-17-6-11-20(13-23(17)30-24(21)27)29-14-22(26)16-2-7-18(25)8-3-16/h2-13H,14H2,1H3. The van der Waals surface area contributed by atoms with Gasteiger partial charge in [0.1, 0.15) is 22.9 Å². The van der Waals surface area contributed by atoms with E-state index in [1.807, 2.05) is 0 Å². The number of hydrogen-bond donors (Lipinski definition) is 0. The van der Waals surface area contributed by atoms with Crippen molar-refractivity contribution < 1.29 is 23.1 Å². The lowest BCUT2D eigenvalue weighted by atomic mass is 10.1. The van der Waals surface area contributed by atoms with Crippen molar-refractivity contribution in [2.75, 3.05) is 13.7 Å². The zero-order chi connectivity index (χ0) is 21.1. The fraction of sp³-hybridized carbons (Fsp3) is 0.0833. The topological polar surface area (TPSA) is 65.7 Å². The van der Waals surface area contributed by atoms with Crippen LogP contribution in [-0.2, 0) is 0 Å². The number of hydrogen-bond acceptors (Lipinski definition) is 5. The largest absolute Gasteiger partial charge is 0.497 e. The van der Waals surface area contributed by atoms with Crippen LogP contribution in [0.2, 0.25) is 0 Å². The molecule has 4 aromatic rings. The van der Waals surface area contributed by atoms with E-state index in [-0.39, 0.29) is 12.4 Å². The van der Waals surface area contributed by atoms with Gasteiger partial charge in [0.15, 0.2) is 12.4 Å². The maximum absolute atomic E-state index is 13.0. The molecule has 0 N–H and O–H groups in total. The molecule has 0 saturated carbocycles. The Balaban J connectivity index is 1.55. The normalized spacial score (nSPS) is 10.7. The third-order valence-electron chi connectivity index (χ3n) is 4.64. The minimum atomic E-state index is -0.479. The molecule has 1 aromatic heterocycles. The second-order valence-electron chi connectivity index (χ2n) is 6.59. The summed E-state index contributed by atoms with van der Waals surface area (Å²) in [6.45, 7) is -0.217. The predicted molar refractivity (Wildman–Crippen MR) is 111 cm³/mol. The van der Waals surface area contributed by atoms with E-state index in [0.29, 0.717) is 28.2 Å². The minimum absolute atomic E-state index is 0.217. The first-order valence-electron chi connectivity index (χ1n) is 9.17. The number of halogens is 1. The maximum Gasteiger partial charge on any atom is 0.344 e. The summed E-state index contributed by atoms with van der Waals surface area (Å²) in [6, 6.07) is 19.1. The number of rotatable bonds is 6. The molecular formula is C24H17FO5. The monoisotopic (exact) mass is 404 g/mol. The molecule has 5 nitrogen and oxygen atoms in total. The van der Waals surface area contributed by atoms with Gasteiger partial charge in [0.05, 0.1) is 12.7 Å². The molecule has 0 bridgehead atoms. The van der Waals surface area contributed by atoms with Crippen LogP contribution in [0.25, 0.3) is 22.1 Å². The molecule has 0 aliphatic carbocycles. The van der Waals surface area contributed by atoms with Crippen molar-refractivity contribution in [2.24, 2.45) is 0 Å². The van der Waals surface area contributed by atoms with Gasteiger partial charge in [-0.25, -0.2) is 9.18 Å². The van der Waals surface area contributed by atoms with Crippen LogP contribution in [0.3, 0.4) is 0 Å². The van der Waals surface area contributed by atoms with Crippen LogP contribution in [0.4, 0.5) is 4.39 Å². The van der Waals surface area contributed by atoms with Gasteiger partial charge in [-0.2, -0.15) is 0 Å². The van der Waals surface area contributed by atoms with Gasteiger partial charge in [0, 0.05) is 17.0 Å². The summed E-state index contributed by atoms with van der Waals surface area (Å²) in [5.41, 5.74) is 1.38. The average Bonchev–Trinajstić information content (AvgIpc) is 2.77. The Morgan fingerprint density at radius 2 is 1.63 bits per heavy atom. The molecule has 0 aliphatic rings. The average molecular weight is 404 g/mol. The third-order valence-corrected chi connectivity index (χ3v) is 4.64. The van der Waals surface area contributed by atoms with E-state index in [1.165, 1.54) is 24.3 Å². The predicted octanol–water partition coefficient (Wildman–Crippen LogP) is 4.87. The second kappa shape index (κ2) is 8.21. The Hall–Kier alpha value is -3.93. The van der Waals surface area contributed by atoms with E-state index in [9.17, 15) is 14.0 Å². The molecule has 3 aromatic carbocycles. The van der Waals surface area contributed by atoms with Crippen molar-refractivity contribution in [1.82, 2.24) is 0 Å². The van der Waals surface area contributed by atoms with Crippen LogP contribution in [-0.4, -0.2) is 19.5 Å². The van der Waals surface area contributed by atoms with E-state index in [2.05, 4.69) is 0 Å². The smallest absolute Gasteiger partial charge is 0.344 e. The highest BCUT2D eigenvalue weighted by Crippen LogP contribution is 2.25. The molecule has 0 spiro atoms. The second-order valence-corrected chi connectivity index (χ2v) is 6.59. The molecule has 1 heterocycles. The Morgan fingerprint density at radius 3 is 2.33 bits per heavy atom. The van der Waals surface area contributed by atoms with Crippen molar-refractivity contribution in [2.45, 2.75) is 0 Å². The fourth-order valence-corrected chi connectivity index (χ4v) is 3.02. The number of carbonyl (C=O) groups is 1. The van der Waals surface area contributed by atoms with Crippen LogP contribution in [0.1, 0.15) is 10.4 Å². The number of Topliss-reactive ketones (excluding diaryl/α,β-unsaturated/α-hetero) is 1. The summed E-state index contributed by atoms with van der Waals surface area (Å²) in [5.74, 6) is 0.386. The summed E-state index contributed by atoms with van der Waals surface area (Å²) in [5, 5.41) is 0.720. The molecule has 0 aliphatic heterocycles. The van der Waals surface area contributed by atoms with Gasteiger partial charge in [0.25, 0.3) is 0 Å². The summed E-state index contributed by atoms with van der Waals surface area (Å²) in [6.07, 6.45) is 0. The summed E-state index contributed by atoms with van der Waals surface area (Å²) in [7, 11) is 1.58. The lowest BCUT2D eigenvalue weighted by Gasteiger charge is -2.08. The van der Waals surface area contributed by atoms with Gasteiger partial charge in [-0.3, -0.25) is 4.79 Å². The molecule has 0 saturated heterocycles. The number of ketones is 1. The van der Waals surface area contributed by atoms with Crippen LogP contribution in [0, 0.1) is 5.82 Å². The van der Waals surface area contributed by atoms with Crippen molar-refractivity contribution in [3.8, 4) is 22.6 Å². The number of carbonyl (C=O) groups excluding carboxylic acids is 1. The summed E-state index contributed by atoms with van der Waals surface area (Å²) < 4.78 is 29.1. The first-order valence-corrected chi connectivity index (χ1v) is 9.17. The molecule has 0 amide bonds. The van der Waals surface area contributed by atoms with Crippen LogP contribution in [0.15, 0.2) is 82.0 Å². The number of fused-ring (bicyclic) bond motifs is 1. The molecule has 150 valence electrons. The van der Waals surface area contributed by atoms with Crippen LogP contribution in [0.5, 0.6) is 11.5 Å². The lowest BCUT2D eigenvalue weighted by molar-refractivity contribution is 0.0921. The molecule has 0 radical (unpaired) electrons. The van der Waals surface area contributed by atoms with E-state index < -0.39 is 11.4 Å². The SMILES string of the molecule is COc1ccc(-c2cc3ccc(OCC(=O)c4ccc(F)cc4)cc3oc2=O)cc1. The van der Waals surface area contributed by atoms with Gasteiger partial charge in [-0.05, 0) is 60.2 Å². The van der Waals surface area contributed by atoms with Gasteiger partial charge in [-0.15, -0.1) is 0 Å². The first-order chi connectivity index (χ1) is 14.5. The summed E-state index contributed by atoms with van der Waals surface area (Å²) >= 11 is 0. The number of methoxy groups -OCH3 is 1. The van der Waals surface area contributed by atoms with Crippen molar-refractivity contribution in [3.63, 3.8) is 0 Å². The highest BCUT2D eigenvalue weighted by atomic mass is 19.1. The Morgan fingerprint density at radius 1 is 0.933 bits per heavy atom. The zero-order valence-electron chi connectivity index (χ0n) is 16.1. The van der Waals surface area contributed by atoms with E-state index >= 15 is 0 Å². The Bertz CT molecular complexity index is 1260. The van der Waals surface area contributed by atoms with E-state index in [0.717, 1.165) is 10.9 Å². The fourth-order valence-electron chi connectivity index (χ4n) is 3.02. The maximum atomic E-state index is 13.0. The van der Waals surface area contributed by atoms with E-state index in [4.69, 9.17) is 13.9 Å². The number of ether oxygens (including phenoxy) is 2. The van der Waals surface area contributed by atoms with E-state index in [1.54, 1.807) is 55.6 Å². The van der Waals surface area contributed by atoms with Gasteiger partial charge in [0.2, 0.25) is 0 Å². The Kier molecular flexibility index (Phi) is 5.30. The third kappa shape index (κ3) is 4.07. The highest BCUT2D eigenvalue weighted by molar-refractivity contribution is 5.97. The molecule has 30 heavy (non-hydrogen) atoms.